The number of nitrogens with one attached hydrogen (secondary N) is 1. The molecule has 1 saturated carbocycles. The van der Waals surface area contributed by atoms with Gasteiger partial charge in [0.25, 0.3) is 5.91 Å². The number of likely N-dealkylation sites (tertiary alicyclic amines) is 1. The van der Waals surface area contributed by atoms with Gasteiger partial charge >= 0.3 is 0 Å². The smallest absolute Gasteiger partial charge is 0.253 e. The Balaban J connectivity index is 1.41. The van der Waals surface area contributed by atoms with Crippen LogP contribution in [0.3, 0.4) is 0 Å². The Morgan fingerprint density at radius 3 is 2.24 bits per heavy atom. The second kappa shape index (κ2) is 9.60. The maximum Gasteiger partial charge on any atom is 0.253 e. The van der Waals surface area contributed by atoms with Gasteiger partial charge < -0.3 is 19.3 Å². The van der Waals surface area contributed by atoms with E-state index in [-0.39, 0.29) is 46.6 Å². The Labute approximate surface area is 195 Å². The number of hydrogen-bond donors (Lipinski definition) is 1. The molecule has 3 fully saturated rings. The lowest BCUT2D eigenvalue weighted by Gasteiger charge is -2.39. The third kappa shape index (κ3) is 5.50. The Bertz CT molecular complexity index is 991. The van der Waals surface area contributed by atoms with Crippen LogP contribution in [0.25, 0.3) is 0 Å². The highest BCUT2D eigenvalue weighted by Crippen LogP contribution is 2.29. The summed E-state index contributed by atoms with van der Waals surface area (Å²) in [4.78, 5) is 29.7. The van der Waals surface area contributed by atoms with Crippen molar-refractivity contribution in [3.63, 3.8) is 0 Å². The number of methoxy groups -OCH3 is 1. The van der Waals surface area contributed by atoms with Crippen LogP contribution in [-0.2, 0) is 19.6 Å². The zero-order valence-electron chi connectivity index (χ0n) is 19.5. The van der Waals surface area contributed by atoms with Crippen LogP contribution in [0.5, 0.6) is 5.75 Å². The molecule has 1 aromatic rings. The van der Waals surface area contributed by atoms with Crippen molar-refractivity contribution in [1.29, 1.82) is 0 Å². The Morgan fingerprint density at radius 2 is 1.67 bits per heavy atom. The van der Waals surface area contributed by atoms with Gasteiger partial charge in [0, 0.05) is 43.7 Å². The molecule has 0 aromatic heterocycles. The van der Waals surface area contributed by atoms with E-state index in [0.29, 0.717) is 44.6 Å². The van der Waals surface area contributed by atoms with Gasteiger partial charge in [-0.1, -0.05) is 0 Å². The van der Waals surface area contributed by atoms with Gasteiger partial charge in [-0.05, 0) is 57.7 Å². The van der Waals surface area contributed by atoms with Crippen molar-refractivity contribution < 1.29 is 27.5 Å². The van der Waals surface area contributed by atoms with Crippen molar-refractivity contribution in [2.45, 2.75) is 62.7 Å². The molecule has 1 aromatic carbocycles. The van der Waals surface area contributed by atoms with Gasteiger partial charge in [-0.25, -0.2) is 13.1 Å². The number of amides is 2. The first kappa shape index (κ1) is 24.0. The molecule has 1 N–H and O–H groups in total. The fourth-order valence-corrected chi connectivity index (χ4v) is 6.13. The predicted octanol–water partition coefficient (Wildman–Crippen LogP) is 1.62. The van der Waals surface area contributed by atoms with Gasteiger partial charge in [0.05, 0.1) is 19.3 Å². The number of carbonyl (C=O) groups is 2. The lowest BCUT2D eigenvalue weighted by Crippen LogP contribution is -2.51. The number of morpholine rings is 1. The van der Waals surface area contributed by atoms with Crippen molar-refractivity contribution in [2.75, 3.05) is 33.3 Å². The summed E-state index contributed by atoms with van der Waals surface area (Å²) in [5.41, 5.74) is 0.299. The minimum atomic E-state index is -3.77. The largest absolute Gasteiger partial charge is 0.495 e. The Hall–Kier alpha value is -2.17. The second-order valence-electron chi connectivity index (χ2n) is 9.33. The fraction of sp³-hybridized carbons (Fsp3) is 0.652. The number of ether oxygens (including phenoxy) is 2. The second-order valence-corrected chi connectivity index (χ2v) is 11.0. The molecule has 0 spiro atoms. The van der Waals surface area contributed by atoms with E-state index in [1.54, 1.807) is 11.0 Å². The van der Waals surface area contributed by atoms with Gasteiger partial charge in [-0.2, -0.15) is 0 Å². The normalized spacial score (nSPS) is 24.6. The van der Waals surface area contributed by atoms with E-state index in [4.69, 9.17) is 9.47 Å². The molecule has 4 rings (SSSR count). The molecule has 182 valence electrons. The minimum absolute atomic E-state index is 0.0225. The summed E-state index contributed by atoms with van der Waals surface area (Å²) >= 11 is 0. The summed E-state index contributed by atoms with van der Waals surface area (Å²) in [6.45, 7) is 6.06. The zero-order chi connectivity index (χ0) is 23.8. The quantitative estimate of drug-likeness (QED) is 0.665. The van der Waals surface area contributed by atoms with Gasteiger partial charge in [-0.15, -0.1) is 0 Å². The first-order chi connectivity index (χ1) is 15.7. The summed E-state index contributed by atoms with van der Waals surface area (Å²) in [6, 6.07) is 4.45. The Morgan fingerprint density at radius 1 is 1.03 bits per heavy atom. The standard InChI is InChI=1S/C23H33N3O6S/c1-15-13-26(14-16(2)32-15)22(27)17-8-10-25(11-9-17)23(28)18-4-7-20(31-3)21(12-18)33(29,30)24-19-5-6-19/h4,7,12,15-17,19,24H,5-6,8-11,13-14H2,1-3H3/t15-,16-/m0/s1. The lowest BCUT2D eigenvalue weighted by atomic mass is 9.94. The average Bonchev–Trinajstić information content (AvgIpc) is 3.60. The number of benzene rings is 1. The topological polar surface area (TPSA) is 105 Å². The monoisotopic (exact) mass is 479 g/mol. The number of rotatable bonds is 6. The van der Waals surface area contributed by atoms with Crippen molar-refractivity contribution in [2.24, 2.45) is 5.92 Å². The molecule has 3 aliphatic rings. The summed E-state index contributed by atoms with van der Waals surface area (Å²) in [5, 5.41) is 0. The molecule has 10 heteroatoms. The fourth-order valence-electron chi connectivity index (χ4n) is 4.63. The molecule has 9 nitrogen and oxygen atoms in total. The van der Waals surface area contributed by atoms with E-state index >= 15 is 0 Å². The minimum Gasteiger partial charge on any atom is -0.495 e. The molecule has 0 bridgehead atoms. The molecule has 2 aliphatic heterocycles. The zero-order valence-corrected chi connectivity index (χ0v) is 20.3. The molecule has 2 amide bonds. The summed E-state index contributed by atoms with van der Waals surface area (Å²) in [5.74, 6) is -0.00723. The highest BCUT2D eigenvalue weighted by molar-refractivity contribution is 7.89. The van der Waals surface area contributed by atoms with E-state index in [9.17, 15) is 18.0 Å². The number of carbonyl (C=O) groups excluding carboxylic acids is 2. The van der Waals surface area contributed by atoms with E-state index in [1.165, 1.54) is 19.2 Å². The summed E-state index contributed by atoms with van der Waals surface area (Å²) < 4.78 is 39.1. The van der Waals surface area contributed by atoms with Gasteiger partial charge in [0.1, 0.15) is 10.6 Å². The summed E-state index contributed by atoms with van der Waals surface area (Å²) in [6.07, 6.45) is 2.86. The van der Waals surface area contributed by atoms with Crippen LogP contribution in [0.4, 0.5) is 0 Å². The maximum atomic E-state index is 13.1. The highest BCUT2D eigenvalue weighted by Gasteiger charge is 2.35. The molecule has 2 atom stereocenters. The van der Waals surface area contributed by atoms with Crippen LogP contribution in [-0.4, -0.2) is 81.6 Å². The van der Waals surface area contributed by atoms with E-state index in [0.717, 1.165) is 12.8 Å². The number of hydrogen-bond acceptors (Lipinski definition) is 6. The molecule has 0 unspecified atom stereocenters. The molecule has 2 heterocycles. The van der Waals surface area contributed by atoms with Crippen LogP contribution in [0, 0.1) is 5.92 Å². The van der Waals surface area contributed by atoms with Crippen LogP contribution in [0.2, 0.25) is 0 Å². The number of sulfonamides is 1. The van der Waals surface area contributed by atoms with Crippen LogP contribution >= 0.6 is 0 Å². The maximum absolute atomic E-state index is 13.1. The van der Waals surface area contributed by atoms with E-state index < -0.39 is 10.0 Å². The van der Waals surface area contributed by atoms with Gasteiger partial charge in [-0.3, -0.25) is 9.59 Å². The van der Waals surface area contributed by atoms with Crippen molar-refractivity contribution in [1.82, 2.24) is 14.5 Å². The average molecular weight is 480 g/mol. The van der Waals surface area contributed by atoms with E-state index in [1.807, 2.05) is 18.7 Å². The van der Waals surface area contributed by atoms with Crippen LogP contribution < -0.4 is 9.46 Å². The van der Waals surface area contributed by atoms with E-state index in [2.05, 4.69) is 4.72 Å². The van der Waals surface area contributed by atoms with Crippen molar-refractivity contribution in [3.8, 4) is 5.75 Å². The molecule has 2 saturated heterocycles. The third-order valence-corrected chi connectivity index (χ3v) is 8.00. The molecule has 0 radical (unpaired) electrons. The first-order valence-corrected chi connectivity index (χ1v) is 13.1. The molecule has 1 aliphatic carbocycles. The third-order valence-electron chi connectivity index (χ3n) is 6.46. The highest BCUT2D eigenvalue weighted by atomic mass is 32.2. The van der Waals surface area contributed by atoms with Crippen molar-refractivity contribution in [3.05, 3.63) is 23.8 Å². The van der Waals surface area contributed by atoms with Crippen LogP contribution in [0.1, 0.15) is 49.9 Å². The SMILES string of the molecule is COc1ccc(C(=O)N2CCC(C(=O)N3C[C@H](C)O[C@@H](C)C3)CC2)cc1S(=O)(=O)NC1CC1. The first-order valence-electron chi connectivity index (χ1n) is 11.6. The molecular formula is C23H33N3O6S. The lowest BCUT2D eigenvalue weighted by molar-refractivity contribution is -0.148. The predicted molar refractivity (Wildman–Crippen MR) is 122 cm³/mol. The molecular weight excluding hydrogens is 446 g/mol. The van der Waals surface area contributed by atoms with Crippen molar-refractivity contribution >= 4 is 21.8 Å². The van der Waals surface area contributed by atoms with Gasteiger partial charge in [0.15, 0.2) is 0 Å². The van der Waals surface area contributed by atoms with Gasteiger partial charge in [0.2, 0.25) is 15.9 Å². The Kier molecular flexibility index (Phi) is 6.97. The van der Waals surface area contributed by atoms with Crippen LogP contribution in [0.15, 0.2) is 23.1 Å². The molecule has 33 heavy (non-hydrogen) atoms. The number of nitrogens with zero attached hydrogens (tertiary/aromatic N) is 2. The summed E-state index contributed by atoms with van der Waals surface area (Å²) in [7, 11) is -2.37. The number of piperidine rings is 1.